The minimum Gasteiger partial charge on any atom is -0.481 e. The van der Waals surface area contributed by atoms with Crippen molar-refractivity contribution >= 4 is 17.3 Å². The number of carbonyl (C=O) groups is 1. The number of carboxylic acids is 1. The van der Waals surface area contributed by atoms with Crippen molar-refractivity contribution in [3.63, 3.8) is 0 Å². The summed E-state index contributed by atoms with van der Waals surface area (Å²) in [5.41, 5.74) is 1.79. The SMILES string of the molecule is O=C(O)C1CCNCC1Cc1cncs1. The van der Waals surface area contributed by atoms with Gasteiger partial charge in [0.2, 0.25) is 0 Å². The molecule has 2 N–H and O–H groups in total. The molecule has 15 heavy (non-hydrogen) atoms. The van der Waals surface area contributed by atoms with Gasteiger partial charge in [-0.1, -0.05) is 0 Å². The molecule has 0 bridgehead atoms. The van der Waals surface area contributed by atoms with Crippen LogP contribution in [0.3, 0.4) is 0 Å². The van der Waals surface area contributed by atoms with Gasteiger partial charge in [0.25, 0.3) is 0 Å². The molecule has 2 unspecified atom stereocenters. The lowest BCUT2D eigenvalue weighted by atomic mass is 9.84. The molecular formula is C10H14N2O2S. The zero-order valence-electron chi connectivity index (χ0n) is 8.35. The minimum atomic E-state index is -0.661. The van der Waals surface area contributed by atoms with E-state index in [9.17, 15) is 4.79 Å². The lowest BCUT2D eigenvalue weighted by Crippen LogP contribution is -2.41. The van der Waals surface area contributed by atoms with Gasteiger partial charge < -0.3 is 10.4 Å². The summed E-state index contributed by atoms with van der Waals surface area (Å²) in [6.45, 7) is 1.62. The Bertz CT molecular complexity index is 326. The third-order valence-corrected chi connectivity index (χ3v) is 3.67. The van der Waals surface area contributed by atoms with Gasteiger partial charge in [-0.05, 0) is 31.8 Å². The molecule has 5 heteroatoms. The van der Waals surface area contributed by atoms with Crippen LogP contribution in [0.4, 0.5) is 0 Å². The number of rotatable bonds is 3. The molecule has 82 valence electrons. The summed E-state index contributed by atoms with van der Waals surface area (Å²) in [6.07, 6.45) is 3.39. The predicted octanol–water partition coefficient (Wildman–Crippen LogP) is 0.996. The number of aromatic nitrogens is 1. The summed E-state index contributed by atoms with van der Waals surface area (Å²) in [6, 6.07) is 0. The van der Waals surface area contributed by atoms with Crippen LogP contribution in [0.1, 0.15) is 11.3 Å². The van der Waals surface area contributed by atoms with Gasteiger partial charge in [-0.15, -0.1) is 11.3 Å². The summed E-state index contributed by atoms with van der Waals surface area (Å²) >= 11 is 1.60. The van der Waals surface area contributed by atoms with Gasteiger partial charge in [-0.3, -0.25) is 9.78 Å². The first kappa shape index (κ1) is 10.6. The van der Waals surface area contributed by atoms with Crippen molar-refractivity contribution in [2.75, 3.05) is 13.1 Å². The highest BCUT2D eigenvalue weighted by Crippen LogP contribution is 2.24. The Morgan fingerprint density at radius 2 is 2.60 bits per heavy atom. The van der Waals surface area contributed by atoms with Crippen LogP contribution in [0.2, 0.25) is 0 Å². The van der Waals surface area contributed by atoms with Gasteiger partial charge in [0, 0.05) is 11.1 Å². The van der Waals surface area contributed by atoms with Crippen LogP contribution in [0.25, 0.3) is 0 Å². The Kier molecular flexibility index (Phi) is 3.33. The fraction of sp³-hybridized carbons (Fsp3) is 0.600. The Morgan fingerprint density at radius 1 is 1.73 bits per heavy atom. The fourth-order valence-corrected chi connectivity index (χ4v) is 2.75. The van der Waals surface area contributed by atoms with Crippen molar-refractivity contribution in [2.24, 2.45) is 11.8 Å². The molecule has 0 aromatic carbocycles. The summed E-state index contributed by atoms with van der Waals surface area (Å²) < 4.78 is 0. The first-order valence-electron chi connectivity index (χ1n) is 5.08. The van der Waals surface area contributed by atoms with Gasteiger partial charge in [0.1, 0.15) is 0 Å². The van der Waals surface area contributed by atoms with E-state index in [0.717, 1.165) is 25.9 Å². The molecule has 0 aliphatic carbocycles. The molecule has 4 nitrogen and oxygen atoms in total. The van der Waals surface area contributed by atoms with Crippen LogP contribution in [0.15, 0.2) is 11.7 Å². The van der Waals surface area contributed by atoms with E-state index in [1.807, 2.05) is 6.20 Å². The zero-order chi connectivity index (χ0) is 10.7. The molecule has 1 fully saturated rings. The second-order valence-electron chi connectivity index (χ2n) is 3.87. The molecule has 0 radical (unpaired) electrons. The van der Waals surface area contributed by atoms with E-state index in [4.69, 9.17) is 5.11 Å². The van der Waals surface area contributed by atoms with Gasteiger partial charge >= 0.3 is 5.97 Å². The lowest BCUT2D eigenvalue weighted by Gasteiger charge is -2.28. The van der Waals surface area contributed by atoms with E-state index in [2.05, 4.69) is 10.3 Å². The molecule has 0 amide bonds. The summed E-state index contributed by atoms with van der Waals surface area (Å²) in [7, 11) is 0. The summed E-state index contributed by atoms with van der Waals surface area (Å²) in [5.74, 6) is -0.656. The maximum atomic E-state index is 11.1. The number of nitrogens with zero attached hydrogens (tertiary/aromatic N) is 1. The van der Waals surface area contributed by atoms with Gasteiger partial charge in [-0.2, -0.15) is 0 Å². The number of thiazole rings is 1. The molecule has 2 atom stereocenters. The molecule has 1 aromatic rings. The van der Waals surface area contributed by atoms with Gasteiger partial charge in [-0.25, -0.2) is 0 Å². The van der Waals surface area contributed by atoms with E-state index in [1.165, 1.54) is 4.88 Å². The van der Waals surface area contributed by atoms with Crippen LogP contribution >= 0.6 is 11.3 Å². The van der Waals surface area contributed by atoms with Crippen LogP contribution < -0.4 is 5.32 Å². The Labute approximate surface area is 92.3 Å². The molecule has 0 saturated carbocycles. The molecule has 1 aromatic heterocycles. The van der Waals surface area contributed by atoms with Crippen molar-refractivity contribution in [3.8, 4) is 0 Å². The number of piperidine rings is 1. The average Bonchev–Trinajstić information content (AvgIpc) is 2.71. The van der Waals surface area contributed by atoms with Crippen LogP contribution in [-0.2, 0) is 11.2 Å². The average molecular weight is 226 g/mol. The van der Waals surface area contributed by atoms with E-state index in [1.54, 1.807) is 16.8 Å². The van der Waals surface area contributed by atoms with Crippen LogP contribution in [-0.4, -0.2) is 29.1 Å². The monoisotopic (exact) mass is 226 g/mol. The maximum absolute atomic E-state index is 11.1. The quantitative estimate of drug-likeness (QED) is 0.807. The molecular weight excluding hydrogens is 212 g/mol. The third-order valence-electron chi connectivity index (χ3n) is 2.87. The highest BCUT2D eigenvalue weighted by Gasteiger charge is 2.30. The number of aliphatic carboxylic acids is 1. The maximum Gasteiger partial charge on any atom is 0.306 e. The fourth-order valence-electron chi connectivity index (χ4n) is 2.06. The lowest BCUT2D eigenvalue weighted by molar-refractivity contribution is -0.144. The Balaban J connectivity index is 2.02. The normalized spacial score (nSPS) is 26.4. The van der Waals surface area contributed by atoms with Gasteiger partial charge in [0.05, 0.1) is 11.4 Å². The van der Waals surface area contributed by atoms with Gasteiger partial charge in [0.15, 0.2) is 0 Å². The predicted molar refractivity (Wildman–Crippen MR) is 57.9 cm³/mol. The molecule has 1 aliphatic rings. The molecule has 1 saturated heterocycles. The number of carboxylic acid groups (broad SMARTS) is 1. The Hall–Kier alpha value is -0.940. The highest BCUT2D eigenvalue weighted by molar-refractivity contribution is 7.09. The number of nitrogens with one attached hydrogen (secondary N) is 1. The molecule has 0 spiro atoms. The molecule has 2 rings (SSSR count). The second-order valence-corrected chi connectivity index (χ2v) is 4.84. The molecule has 1 aliphatic heterocycles. The largest absolute Gasteiger partial charge is 0.481 e. The van der Waals surface area contributed by atoms with Crippen molar-refractivity contribution in [1.82, 2.24) is 10.3 Å². The number of hydrogen-bond acceptors (Lipinski definition) is 4. The molecule has 2 heterocycles. The van der Waals surface area contributed by atoms with Crippen LogP contribution in [0, 0.1) is 11.8 Å². The summed E-state index contributed by atoms with van der Waals surface area (Å²) in [4.78, 5) is 16.2. The van der Waals surface area contributed by atoms with Crippen molar-refractivity contribution in [3.05, 3.63) is 16.6 Å². The summed E-state index contributed by atoms with van der Waals surface area (Å²) in [5, 5.41) is 12.4. The Morgan fingerprint density at radius 3 is 3.27 bits per heavy atom. The highest BCUT2D eigenvalue weighted by atomic mass is 32.1. The van der Waals surface area contributed by atoms with Crippen molar-refractivity contribution in [2.45, 2.75) is 12.8 Å². The second kappa shape index (κ2) is 4.72. The first-order valence-corrected chi connectivity index (χ1v) is 5.96. The standard InChI is InChI=1S/C10H14N2O2S/c13-10(14)9-1-2-11-4-7(9)3-8-5-12-6-15-8/h5-7,9,11H,1-4H2,(H,13,14). The third kappa shape index (κ3) is 2.54. The smallest absolute Gasteiger partial charge is 0.306 e. The van der Waals surface area contributed by atoms with E-state index in [-0.39, 0.29) is 11.8 Å². The first-order chi connectivity index (χ1) is 7.27. The van der Waals surface area contributed by atoms with E-state index < -0.39 is 5.97 Å². The van der Waals surface area contributed by atoms with Crippen molar-refractivity contribution < 1.29 is 9.90 Å². The van der Waals surface area contributed by atoms with Crippen LogP contribution in [0.5, 0.6) is 0 Å². The zero-order valence-corrected chi connectivity index (χ0v) is 9.17. The topological polar surface area (TPSA) is 62.2 Å². The number of hydrogen-bond donors (Lipinski definition) is 2. The minimum absolute atomic E-state index is 0.201. The van der Waals surface area contributed by atoms with E-state index in [0.29, 0.717) is 0 Å². The van der Waals surface area contributed by atoms with Crippen molar-refractivity contribution in [1.29, 1.82) is 0 Å². The van der Waals surface area contributed by atoms with E-state index >= 15 is 0 Å².